The SMILES string of the molecule is COc1cc(CC(=O)NC2CCN(Cc3ccc(F)cc3)CC2)ccc1C. The molecule has 0 spiro atoms. The predicted octanol–water partition coefficient (Wildman–Crippen LogP) is 3.47. The molecule has 1 saturated heterocycles. The second kappa shape index (κ2) is 9.00. The van der Waals surface area contributed by atoms with E-state index in [9.17, 15) is 9.18 Å². The fraction of sp³-hybridized carbons (Fsp3) is 0.409. The van der Waals surface area contributed by atoms with Gasteiger partial charge in [0.2, 0.25) is 5.91 Å². The van der Waals surface area contributed by atoms with Crippen molar-refractivity contribution in [3.8, 4) is 5.75 Å². The van der Waals surface area contributed by atoms with E-state index < -0.39 is 0 Å². The minimum absolute atomic E-state index is 0.0536. The van der Waals surface area contributed by atoms with Crippen LogP contribution in [-0.2, 0) is 17.8 Å². The van der Waals surface area contributed by atoms with Gasteiger partial charge in [0.05, 0.1) is 13.5 Å². The fourth-order valence-electron chi connectivity index (χ4n) is 3.52. The highest BCUT2D eigenvalue weighted by atomic mass is 19.1. The molecule has 27 heavy (non-hydrogen) atoms. The van der Waals surface area contributed by atoms with Crippen LogP contribution in [0.1, 0.15) is 29.5 Å². The van der Waals surface area contributed by atoms with Crippen molar-refractivity contribution in [3.05, 3.63) is 65.0 Å². The van der Waals surface area contributed by atoms with E-state index in [1.807, 2.05) is 37.3 Å². The highest BCUT2D eigenvalue weighted by Gasteiger charge is 2.21. The number of halogens is 1. The first kappa shape index (κ1) is 19.4. The van der Waals surface area contributed by atoms with Crippen molar-refractivity contribution >= 4 is 5.91 Å². The number of methoxy groups -OCH3 is 1. The van der Waals surface area contributed by atoms with Gasteiger partial charge in [0.1, 0.15) is 11.6 Å². The minimum atomic E-state index is -0.202. The van der Waals surface area contributed by atoms with Crippen LogP contribution in [0.4, 0.5) is 4.39 Å². The molecule has 1 amide bonds. The number of amides is 1. The van der Waals surface area contributed by atoms with Crippen molar-refractivity contribution in [1.82, 2.24) is 10.2 Å². The number of carbonyl (C=O) groups is 1. The number of nitrogens with one attached hydrogen (secondary N) is 1. The van der Waals surface area contributed by atoms with Crippen LogP contribution < -0.4 is 10.1 Å². The van der Waals surface area contributed by atoms with Crippen LogP contribution in [0.3, 0.4) is 0 Å². The lowest BCUT2D eigenvalue weighted by Gasteiger charge is -2.32. The molecule has 1 fully saturated rings. The lowest BCUT2D eigenvalue weighted by Crippen LogP contribution is -2.44. The summed E-state index contributed by atoms with van der Waals surface area (Å²) < 4.78 is 18.3. The number of ether oxygens (including phenoxy) is 1. The Morgan fingerprint density at radius 3 is 2.48 bits per heavy atom. The Hall–Kier alpha value is -2.40. The number of hydrogen-bond donors (Lipinski definition) is 1. The van der Waals surface area contributed by atoms with Gasteiger partial charge in [-0.25, -0.2) is 4.39 Å². The molecule has 1 heterocycles. The second-order valence-corrected chi connectivity index (χ2v) is 7.23. The number of carbonyl (C=O) groups excluding carboxylic acids is 1. The van der Waals surface area contributed by atoms with E-state index in [0.717, 1.165) is 54.9 Å². The molecule has 0 atom stereocenters. The Morgan fingerprint density at radius 2 is 1.81 bits per heavy atom. The van der Waals surface area contributed by atoms with Gasteiger partial charge in [-0.3, -0.25) is 9.69 Å². The molecule has 1 aliphatic rings. The highest BCUT2D eigenvalue weighted by molar-refractivity contribution is 5.79. The van der Waals surface area contributed by atoms with Crippen molar-refractivity contribution in [2.75, 3.05) is 20.2 Å². The van der Waals surface area contributed by atoms with E-state index in [0.29, 0.717) is 6.42 Å². The zero-order valence-corrected chi connectivity index (χ0v) is 16.0. The molecule has 0 bridgehead atoms. The fourth-order valence-corrected chi connectivity index (χ4v) is 3.52. The van der Waals surface area contributed by atoms with Gasteiger partial charge in [-0.2, -0.15) is 0 Å². The van der Waals surface area contributed by atoms with Gasteiger partial charge in [0.15, 0.2) is 0 Å². The summed E-state index contributed by atoms with van der Waals surface area (Å²) in [5.41, 5.74) is 3.14. The smallest absolute Gasteiger partial charge is 0.224 e. The molecule has 1 N–H and O–H groups in total. The van der Waals surface area contributed by atoms with Crippen LogP contribution in [0, 0.1) is 12.7 Å². The molecule has 0 saturated carbocycles. The van der Waals surface area contributed by atoms with Crippen molar-refractivity contribution in [2.45, 2.75) is 38.8 Å². The standard InChI is InChI=1S/C22H27FN2O2/c1-16-3-4-18(13-21(16)27-2)14-22(26)24-20-9-11-25(12-10-20)15-17-5-7-19(23)8-6-17/h3-8,13,20H,9-12,14-15H2,1-2H3,(H,24,26). The van der Waals surface area contributed by atoms with Gasteiger partial charge < -0.3 is 10.1 Å². The topological polar surface area (TPSA) is 41.6 Å². The third-order valence-electron chi connectivity index (χ3n) is 5.11. The third kappa shape index (κ3) is 5.54. The first-order valence-electron chi connectivity index (χ1n) is 9.43. The van der Waals surface area contributed by atoms with Gasteiger partial charge in [-0.05, 0) is 54.7 Å². The second-order valence-electron chi connectivity index (χ2n) is 7.23. The van der Waals surface area contributed by atoms with Crippen LogP contribution in [-0.4, -0.2) is 37.0 Å². The third-order valence-corrected chi connectivity index (χ3v) is 5.11. The lowest BCUT2D eigenvalue weighted by molar-refractivity contribution is -0.121. The number of hydrogen-bond acceptors (Lipinski definition) is 3. The quantitative estimate of drug-likeness (QED) is 0.847. The Kier molecular flexibility index (Phi) is 6.45. The average molecular weight is 370 g/mol. The van der Waals surface area contributed by atoms with Gasteiger partial charge >= 0.3 is 0 Å². The van der Waals surface area contributed by atoms with Gasteiger partial charge in [-0.15, -0.1) is 0 Å². The number of nitrogens with zero attached hydrogens (tertiary/aromatic N) is 1. The predicted molar refractivity (Wildman–Crippen MR) is 104 cm³/mol. The summed E-state index contributed by atoms with van der Waals surface area (Å²) >= 11 is 0. The van der Waals surface area contributed by atoms with Crippen molar-refractivity contribution < 1.29 is 13.9 Å². The lowest BCUT2D eigenvalue weighted by atomic mass is 10.0. The Labute approximate surface area is 160 Å². The van der Waals surface area contributed by atoms with E-state index in [1.165, 1.54) is 12.1 Å². The van der Waals surface area contributed by atoms with Crippen LogP contribution in [0.25, 0.3) is 0 Å². The first-order chi connectivity index (χ1) is 13.0. The van der Waals surface area contributed by atoms with Crippen molar-refractivity contribution in [3.63, 3.8) is 0 Å². The maximum atomic E-state index is 13.0. The average Bonchev–Trinajstić information content (AvgIpc) is 2.66. The minimum Gasteiger partial charge on any atom is -0.496 e. The molecule has 0 aromatic heterocycles. The Balaban J connectivity index is 1.44. The maximum Gasteiger partial charge on any atom is 0.224 e. The molecule has 144 valence electrons. The van der Waals surface area contributed by atoms with Gasteiger partial charge in [-0.1, -0.05) is 24.3 Å². The highest BCUT2D eigenvalue weighted by Crippen LogP contribution is 2.19. The van der Waals surface area contributed by atoms with Crippen LogP contribution in [0.2, 0.25) is 0 Å². The largest absolute Gasteiger partial charge is 0.496 e. The Bertz CT molecular complexity index is 768. The summed E-state index contributed by atoms with van der Waals surface area (Å²) in [6.07, 6.45) is 2.24. The molecule has 0 radical (unpaired) electrons. The molecule has 1 aliphatic heterocycles. The summed E-state index contributed by atoms with van der Waals surface area (Å²) in [5.74, 6) is 0.665. The molecule has 5 heteroatoms. The summed E-state index contributed by atoms with van der Waals surface area (Å²) in [7, 11) is 1.64. The molecular weight excluding hydrogens is 343 g/mol. The number of benzene rings is 2. The monoisotopic (exact) mass is 370 g/mol. The summed E-state index contributed by atoms with van der Waals surface area (Å²) in [4.78, 5) is 14.7. The number of likely N-dealkylation sites (tertiary alicyclic amines) is 1. The molecule has 2 aromatic carbocycles. The summed E-state index contributed by atoms with van der Waals surface area (Å²) in [5, 5.41) is 3.16. The van der Waals surface area contributed by atoms with Gasteiger partial charge in [0.25, 0.3) is 0 Å². The summed E-state index contributed by atoms with van der Waals surface area (Å²) in [6.45, 7) is 4.67. The van der Waals surface area contributed by atoms with E-state index in [4.69, 9.17) is 4.74 Å². The molecule has 3 rings (SSSR count). The number of rotatable bonds is 6. The molecule has 0 unspecified atom stereocenters. The molecule has 2 aromatic rings. The van der Waals surface area contributed by atoms with Crippen LogP contribution in [0.15, 0.2) is 42.5 Å². The first-order valence-corrected chi connectivity index (χ1v) is 9.43. The number of piperidine rings is 1. The van der Waals surface area contributed by atoms with Crippen LogP contribution >= 0.6 is 0 Å². The van der Waals surface area contributed by atoms with Gasteiger partial charge in [0, 0.05) is 25.7 Å². The van der Waals surface area contributed by atoms with E-state index in [2.05, 4.69) is 10.2 Å². The van der Waals surface area contributed by atoms with E-state index in [-0.39, 0.29) is 17.8 Å². The normalized spacial score (nSPS) is 15.5. The zero-order chi connectivity index (χ0) is 19.2. The number of aryl methyl sites for hydroxylation is 1. The summed E-state index contributed by atoms with van der Waals surface area (Å²) in [6, 6.07) is 12.8. The molecule has 4 nitrogen and oxygen atoms in total. The zero-order valence-electron chi connectivity index (χ0n) is 16.0. The molecule has 0 aliphatic carbocycles. The van der Waals surface area contributed by atoms with Crippen LogP contribution in [0.5, 0.6) is 5.75 Å². The van der Waals surface area contributed by atoms with Crippen molar-refractivity contribution in [1.29, 1.82) is 0 Å². The van der Waals surface area contributed by atoms with E-state index >= 15 is 0 Å². The Morgan fingerprint density at radius 1 is 1.15 bits per heavy atom. The maximum absolute atomic E-state index is 13.0. The van der Waals surface area contributed by atoms with Crippen molar-refractivity contribution in [2.24, 2.45) is 0 Å². The molecular formula is C22H27FN2O2. The van der Waals surface area contributed by atoms with E-state index in [1.54, 1.807) is 7.11 Å².